The molecule has 39 heavy (non-hydrogen) atoms. The standard InChI is InChI=1S/C28H24F3N5O3/c1-34-15-18(14-24(34)23-11-12-32-35(23)2)25(37)33-19(13-17-7-3-6-10-22(17)28(29,30)31)16-36-26(38)20-8-4-5-9-21(20)27(36)39/h3-12,14-15,19H,13,16H2,1-2H3,(H,33,37)/t19-/m0/s1. The van der Waals surface area contributed by atoms with Gasteiger partial charge in [-0.05, 0) is 42.3 Å². The average molecular weight is 536 g/mol. The highest BCUT2D eigenvalue weighted by molar-refractivity contribution is 6.21. The summed E-state index contributed by atoms with van der Waals surface area (Å²) in [5.41, 5.74) is 1.27. The van der Waals surface area contributed by atoms with Crippen LogP contribution in [0, 0.1) is 0 Å². The third kappa shape index (κ3) is 4.95. The molecule has 200 valence electrons. The summed E-state index contributed by atoms with van der Waals surface area (Å²) in [6, 6.07) is 13.8. The Morgan fingerprint density at radius 2 is 1.59 bits per heavy atom. The van der Waals surface area contributed by atoms with Crippen LogP contribution in [-0.2, 0) is 26.7 Å². The van der Waals surface area contributed by atoms with Gasteiger partial charge in [0.25, 0.3) is 17.7 Å². The third-order valence-corrected chi connectivity index (χ3v) is 6.76. The van der Waals surface area contributed by atoms with Crippen molar-refractivity contribution in [3.05, 3.63) is 101 Å². The Labute approximate surface area is 221 Å². The Morgan fingerprint density at radius 3 is 2.21 bits per heavy atom. The lowest BCUT2D eigenvalue weighted by atomic mass is 9.99. The number of halogens is 3. The van der Waals surface area contributed by atoms with E-state index in [0.29, 0.717) is 5.69 Å². The van der Waals surface area contributed by atoms with Crippen LogP contribution >= 0.6 is 0 Å². The predicted molar refractivity (Wildman–Crippen MR) is 136 cm³/mol. The number of aryl methyl sites for hydroxylation is 2. The minimum atomic E-state index is -4.61. The average Bonchev–Trinajstić information content (AvgIpc) is 3.56. The molecule has 5 rings (SSSR count). The van der Waals surface area contributed by atoms with Crippen molar-refractivity contribution in [3.8, 4) is 11.4 Å². The Hall–Kier alpha value is -4.67. The van der Waals surface area contributed by atoms with E-state index in [1.165, 1.54) is 30.3 Å². The highest BCUT2D eigenvalue weighted by Gasteiger charge is 2.38. The van der Waals surface area contributed by atoms with Gasteiger partial charge < -0.3 is 9.88 Å². The van der Waals surface area contributed by atoms with E-state index in [4.69, 9.17) is 0 Å². The van der Waals surface area contributed by atoms with Crippen molar-refractivity contribution in [2.24, 2.45) is 14.1 Å². The molecule has 1 aliphatic heterocycles. The Kier molecular flexibility index (Phi) is 6.59. The second kappa shape index (κ2) is 9.90. The summed E-state index contributed by atoms with van der Waals surface area (Å²) < 4.78 is 44.6. The second-order valence-electron chi connectivity index (χ2n) is 9.36. The van der Waals surface area contributed by atoms with Gasteiger partial charge in [-0.25, -0.2) is 0 Å². The van der Waals surface area contributed by atoms with Crippen LogP contribution in [0.25, 0.3) is 11.4 Å². The van der Waals surface area contributed by atoms with E-state index in [1.54, 1.807) is 60.0 Å². The van der Waals surface area contributed by atoms with Crippen molar-refractivity contribution < 1.29 is 27.6 Å². The lowest BCUT2D eigenvalue weighted by Gasteiger charge is -2.25. The number of hydrogen-bond donors (Lipinski definition) is 1. The molecule has 3 amide bonds. The maximum Gasteiger partial charge on any atom is 0.416 e. The first kappa shape index (κ1) is 26.0. The number of hydrogen-bond acceptors (Lipinski definition) is 4. The zero-order valence-corrected chi connectivity index (χ0v) is 21.1. The van der Waals surface area contributed by atoms with Crippen molar-refractivity contribution in [3.63, 3.8) is 0 Å². The number of fused-ring (bicyclic) bond motifs is 1. The number of imide groups is 1. The molecule has 1 N–H and O–H groups in total. The molecule has 0 fully saturated rings. The molecule has 0 saturated heterocycles. The zero-order chi connectivity index (χ0) is 27.9. The second-order valence-corrected chi connectivity index (χ2v) is 9.36. The van der Waals surface area contributed by atoms with E-state index in [2.05, 4.69) is 10.4 Å². The van der Waals surface area contributed by atoms with Gasteiger partial charge in [0, 0.05) is 33.0 Å². The molecule has 4 aromatic rings. The number of alkyl halides is 3. The van der Waals surface area contributed by atoms with Crippen LogP contribution in [0.1, 0.15) is 42.2 Å². The molecule has 3 heterocycles. The van der Waals surface area contributed by atoms with Crippen LogP contribution < -0.4 is 5.32 Å². The number of amides is 3. The van der Waals surface area contributed by atoms with Gasteiger partial charge in [-0.3, -0.25) is 24.0 Å². The molecule has 2 aromatic heterocycles. The van der Waals surface area contributed by atoms with Crippen LogP contribution in [0.3, 0.4) is 0 Å². The molecule has 0 radical (unpaired) electrons. The molecule has 0 spiro atoms. The summed E-state index contributed by atoms with van der Waals surface area (Å²) in [7, 11) is 3.52. The Bertz CT molecular complexity index is 1550. The molecule has 2 aromatic carbocycles. The van der Waals surface area contributed by atoms with E-state index in [-0.39, 0.29) is 35.2 Å². The molecule has 0 aliphatic carbocycles. The zero-order valence-electron chi connectivity index (χ0n) is 21.1. The number of rotatable bonds is 7. The minimum Gasteiger partial charge on any atom is -0.348 e. The van der Waals surface area contributed by atoms with Gasteiger partial charge in [-0.2, -0.15) is 18.3 Å². The largest absolute Gasteiger partial charge is 0.416 e. The molecule has 0 bridgehead atoms. The predicted octanol–water partition coefficient (Wildman–Crippen LogP) is 4.08. The number of carbonyl (C=O) groups is 3. The van der Waals surface area contributed by atoms with Crippen molar-refractivity contribution in [1.29, 1.82) is 0 Å². The number of aromatic nitrogens is 3. The van der Waals surface area contributed by atoms with Crippen molar-refractivity contribution in [2.75, 3.05) is 6.54 Å². The maximum atomic E-state index is 13.7. The van der Waals surface area contributed by atoms with Crippen molar-refractivity contribution >= 4 is 17.7 Å². The van der Waals surface area contributed by atoms with Gasteiger partial charge in [-0.15, -0.1) is 0 Å². The van der Waals surface area contributed by atoms with Crippen LogP contribution in [0.15, 0.2) is 73.1 Å². The summed E-state index contributed by atoms with van der Waals surface area (Å²) in [5, 5.41) is 6.91. The molecule has 1 aliphatic rings. The van der Waals surface area contributed by atoms with Crippen molar-refractivity contribution in [2.45, 2.75) is 18.6 Å². The Balaban J connectivity index is 1.45. The Morgan fingerprint density at radius 1 is 0.949 bits per heavy atom. The summed E-state index contributed by atoms with van der Waals surface area (Å²) in [4.78, 5) is 40.3. The smallest absolute Gasteiger partial charge is 0.348 e. The number of nitrogens with one attached hydrogen (secondary N) is 1. The van der Waals surface area contributed by atoms with Gasteiger partial charge in [0.2, 0.25) is 0 Å². The summed E-state index contributed by atoms with van der Waals surface area (Å²) >= 11 is 0. The molecule has 0 saturated carbocycles. The quantitative estimate of drug-likeness (QED) is 0.361. The topological polar surface area (TPSA) is 89.2 Å². The molecule has 11 heteroatoms. The number of nitrogens with zero attached hydrogens (tertiary/aromatic N) is 4. The monoisotopic (exact) mass is 535 g/mol. The van der Waals surface area contributed by atoms with Crippen molar-refractivity contribution in [1.82, 2.24) is 24.6 Å². The fraction of sp³-hybridized carbons (Fsp3) is 0.214. The van der Waals surface area contributed by atoms with Crippen LogP contribution in [0.5, 0.6) is 0 Å². The summed E-state index contributed by atoms with van der Waals surface area (Å²) in [6.07, 6.45) is -1.65. The van der Waals surface area contributed by atoms with E-state index in [9.17, 15) is 27.6 Å². The minimum absolute atomic E-state index is 0.0597. The van der Waals surface area contributed by atoms with Gasteiger partial charge in [0.05, 0.1) is 39.7 Å². The van der Waals surface area contributed by atoms with Crippen LogP contribution in [0.2, 0.25) is 0 Å². The lowest BCUT2D eigenvalue weighted by molar-refractivity contribution is -0.138. The number of benzene rings is 2. The first-order valence-corrected chi connectivity index (χ1v) is 12.1. The fourth-order valence-corrected chi connectivity index (χ4v) is 4.86. The maximum absolute atomic E-state index is 13.7. The molecule has 1 atom stereocenters. The van der Waals surface area contributed by atoms with E-state index in [0.717, 1.165) is 16.7 Å². The number of carbonyl (C=O) groups excluding carboxylic acids is 3. The fourth-order valence-electron chi connectivity index (χ4n) is 4.86. The van der Waals surface area contributed by atoms with E-state index < -0.39 is 35.5 Å². The van der Waals surface area contributed by atoms with Gasteiger partial charge in [0.15, 0.2) is 0 Å². The molecular formula is C28H24F3N5O3. The van der Waals surface area contributed by atoms with Gasteiger partial charge in [-0.1, -0.05) is 30.3 Å². The van der Waals surface area contributed by atoms with Gasteiger partial charge >= 0.3 is 6.18 Å². The molecular weight excluding hydrogens is 511 g/mol. The van der Waals surface area contributed by atoms with E-state index >= 15 is 0 Å². The molecule has 0 unspecified atom stereocenters. The third-order valence-electron chi connectivity index (χ3n) is 6.76. The van der Waals surface area contributed by atoms with Crippen LogP contribution in [-0.4, -0.2) is 49.6 Å². The van der Waals surface area contributed by atoms with E-state index in [1.807, 2.05) is 0 Å². The summed E-state index contributed by atoms with van der Waals surface area (Å²) in [5.74, 6) is -1.67. The van der Waals surface area contributed by atoms with Gasteiger partial charge in [0.1, 0.15) is 0 Å². The SMILES string of the molecule is Cn1cc(C(=O)N[C@@H](Cc2ccccc2C(F)(F)F)CN2C(=O)c3ccccc3C2=O)cc1-c1ccnn1C. The molecule has 8 nitrogen and oxygen atoms in total. The first-order chi connectivity index (χ1) is 18.5. The normalized spacial score (nSPS) is 14.0. The lowest BCUT2D eigenvalue weighted by Crippen LogP contribution is -2.47. The highest BCUT2D eigenvalue weighted by atomic mass is 19.4. The summed E-state index contributed by atoms with van der Waals surface area (Å²) in [6.45, 7) is -0.300. The first-order valence-electron chi connectivity index (χ1n) is 12.1. The highest BCUT2D eigenvalue weighted by Crippen LogP contribution is 2.33. The van der Waals surface area contributed by atoms with Crippen LogP contribution in [0.4, 0.5) is 13.2 Å².